The van der Waals surface area contributed by atoms with Gasteiger partial charge in [0.2, 0.25) is 5.75 Å². The molecule has 114 valence electrons. The molecule has 0 atom stereocenters. The number of nitrogens with two attached hydrogens (primary N) is 1. The maximum atomic E-state index is 5.73. The van der Waals surface area contributed by atoms with Crippen molar-refractivity contribution >= 4 is 16.9 Å². The lowest BCUT2D eigenvalue weighted by atomic mass is 10.2. The van der Waals surface area contributed by atoms with Crippen molar-refractivity contribution < 1.29 is 14.2 Å². The van der Waals surface area contributed by atoms with Crippen LogP contribution in [-0.4, -0.2) is 35.9 Å². The summed E-state index contributed by atoms with van der Waals surface area (Å²) in [5, 5.41) is 0. The predicted molar refractivity (Wildman–Crippen MR) is 82.9 cm³/mol. The first-order valence-corrected chi connectivity index (χ1v) is 6.57. The molecule has 0 radical (unpaired) electrons. The van der Waals surface area contributed by atoms with Gasteiger partial charge in [0.1, 0.15) is 11.8 Å². The van der Waals surface area contributed by atoms with E-state index in [0.717, 1.165) is 5.69 Å². The Bertz CT molecular complexity index is 804. The molecule has 0 aliphatic rings. The van der Waals surface area contributed by atoms with Crippen LogP contribution in [-0.2, 0) is 0 Å². The average molecular weight is 300 g/mol. The Labute approximate surface area is 127 Å². The highest BCUT2D eigenvalue weighted by Gasteiger charge is 2.15. The van der Waals surface area contributed by atoms with Crippen LogP contribution in [0.15, 0.2) is 30.7 Å². The molecule has 7 nitrogen and oxygen atoms in total. The van der Waals surface area contributed by atoms with Gasteiger partial charge in [-0.1, -0.05) is 0 Å². The highest BCUT2D eigenvalue weighted by Crippen LogP contribution is 2.39. The number of benzene rings is 1. The Balaban J connectivity index is 2.22. The van der Waals surface area contributed by atoms with Gasteiger partial charge >= 0.3 is 0 Å². The summed E-state index contributed by atoms with van der Waals surface area (Å²) in [7, 11) is 4.72. The Morgan fingerprint density at radius 1 is 0.955 bits per heavy atom. The van der Waals surface area contributed by atoms with Crippen molar-refractivity contribution in [2.75, 3.05) is 27.1 Å². The molecule has 0 unspecified atom stereocenters. The van der Waals surface area contributed by atoms with Crippen molar-refractivity contribution in [3.05, 3.63) is 30.7 Å². The van der Waals surface area contributed by atoms with Gasteiger partial charge in [-0.05, 0) is 6.07 Å². The molecule has 1 aromatic carbocycles. The largest absolute Gasteiger partial charge is 0.493 e. The van der Waals surface area contributed by atoms with Crippen LogP contribution in [0.2, 0.25) is 0 Å². The first-order valence-electron chi connectivity index (χ1n) is 6.57. The summed E-state index contributed by atoms with van der Waals surface area (Å²) in [6.07, 6.45) is 3.27. The summed E-state index contributed by atoms with van der Waals surface area (Å²) in [5.41, 5.74) is 8.52. The molecule has 3 rings (SSSR count). The van der Waals surface area contributed by atoms with E-state index in [1.807, 2.05) is 16.7 Å². The first-order chi connectivity index (χ1) is 10.7. The van der Waals surface area contributed by atoms with Crippen molar-refractivity contribution in [2.24, 2.45) is 0 Å². The van der Waals surface area contributed by atoms with Crippen molar-refractivity contribution in [3.8, 4) is 22.9 Å². The Kier molecular flexibility index (Phi) is 3.46. The SMILES string of the molecule is COc1cc(-n2cnc3cc(N)cnc32)cc(OC)c1OC. The fourth-order valence-corrected chi connectivity index (χ4v) is 2.31. The highest BCUT2D eigenvalue weighted by molar-refractivity contribution is 5.76. The zero-order valence-corrected chi connectivity index (χ0v) is 12.5. The third-order valence-corrected chi connectivity index (χ3v) is 3.34. The van der Waals surface area contributed by atoms with E-state index in [1.54, 1.807) is 39.9 Å². The van der Waals surface area contributed by atoms with Crippen LogP contribution in [0.1, 0.15) is 0 Å². The number of anilines is 1. The molecule has 0 amide bonds. The fourth-order valence-electron chi connectivity index (χ4n) is 2.31. The Hall–Kier alpha value is -2.96. The molecule has 0 aliphatic heterocycles. The lowest BCUT2D eigenvalue weighted by Gasteiger charge is -2.14. The van der Waals surface area contributed by atoms with E-state index in [4.69, 9.17) is 19.9 Å². The number of imidazole rings is 1. The molecule has 0 bridgehead atoms. The molecule has 2 heterocycles. The normalized spacial score (nSPS) is 10.7. The molecule has 0 spiro atoms. The summed E-state index contributed by atoms with van der Waals surface area (Å²) in [4.78, 5) is 8.65. The number of nitrogen functional groups attached to an aromatic ring is 1. The van der Waals surface area contributed by atoms with E-state index in [-0.39, 0.29) is 0 Å². The first kappa shape index (κ1) is 14.0. The number of nitrogens with zero attached hydrogens (tertiary/aromatic N) is 3. The van der Waals surface area contributed by atoms with Crippen molar-refractivity contribution in [1.29, 1.82) is 0 Å². The van der Waals surface area contributed by atoms with Gasteiger partial charge < -0.3 is 19.9 Å². The lowest BCUT2D eigenvalue weighted by molar-refractivity contribution is 0.324. The third kappa shape index (κ3) is 2.16. The minimum atomic E-state index is 0.537. The van der Waals surface area contributed by atoms with Gasteiger partial charge in [-0.25, -0.2) is 9.97 Å². The van der Waals surface area contributed by atoms with Gasteiger partial charge in [0.05, 0.1) is 38.9 Å². The predicted octanol–water partition coefficient (Wildman–Crippen LogP) is 2.03. The van der Waals surface area contributed by atoms with E-state index < -0.39 is 0 Å². The number of rotatable bonds is 4. The van der Waals surface area contributed by atoms with E-state index in [9.17, 15) is 0 Å². The summed E-state index contributed by atoms with van der Waals surface area (Å²) in [6, 6.07) is 5.44. The molecule has 22 heavy (non-hydrogen) atoms. The number of hydrogen-bond acceptors (Lipinski definition) is 6. The molecule has 0 fully saturated rings. The topological polar surface area (TPSA) is 84.4 Å². The van der Waals surface area contributed by atoms with Crippen LogP contribution in [0.3, 0.4) is 0 Å². The summed E-state index contributed by atoms with van der Waals surface area (Å²) >= 11 is 0. The number of fused-ring (bicyclic) bond motifs is 1. The van der Waals surface area contributed by atoms with Gasteiger partial charge in [-0.15, -0.1) is 0 Å². The number of aromatic nitrogens is 3. The van der Waals surface area contributed by atoms with Crippen LogP contribution in [0.5, 0.6) is 17.2 Å². The van der Waals surface area contributed by atoms with E-state index >= 15 is 0 Å². The van der Waals surface area contributed by atoms with Gasteiger partial charge in [0.25, 0.3) is 0 Å². The number of pyridine rings is 1. The maximum Gasteiger partial charge on any atom is 0.203 e. The van der Waals surface area contributed by atoms with Crippen molar-refractivity contribution in [2.45, 2.75) is 0 Å². The average Bonchev–Trinajstić information content (AvgIpc) is 2.96. The summed E-state index contributed by atoms with van der Waals surface area (Å²) in [6.45, 7) is 0. The molecule has 2 aromatic heterocycles. The summed E-state index contributed by atoms with van der Waals surface area (Å²) in [5.74, 6) is 1.67. The van der Waals surface area contributed by atoms with Crippen LogP contribution in [0.4, 0.5) is 5.69 Å². The molecular formula is C15H16N4O3. The lowest BCUT2D eigenvalue weighted by Crippen LogP contribution is -2.00. The van der Waals surface area contributed by atoms with E-state index in [2.05, 4.69) is 9.97 Å². The van der Waals surface area contributed by atoms with Crippen LogP contribution in [0, 0.1) is 0 Å². The quantitative estimate of drug-likeness (QED) is 0.793. The second-order valence-corrected chi connectivity index (χ2v) is 4.61. The Morgan fingerprint density at radius 3 is 2.23 bits per heavy atom. The smallest absolute Gasteiger partial charge is 0.203 e. The van der Waals surface area contributed by atoms with Crippen molar-refractivity contribution in [1.82, 2.24) is 14.5 Å². The monoisotopic (exact) mass is 300 g/mol. The standard InChI is InChI=1S/C15H16N4O3/c1-20-12-5-10(6-13(21-2)14(12)22-3)19-8-18-11-4-9(16)7-17-15(11)19/h4-8H,16H2,1-3H3. The van der Waals surface area contributed by atoms with E-state index in [0.29, 0.717) is 34.1 Å². The number of ether oxygens (including phenoxy) is 3. The fraction of sp³-hybridized carbons (Fsp3) is 0.200. The molecule has 0 saturated carbocycles. The number of hydrogen-bond donors (Lipinski definition) is 1. The molecule has 0 aliphatic carbocycles. The van der Waals surface area contributed by atoms with Crippen LogP contribution >= 0.6 is 0 Å². The number of methoxy groups -OCH3 is 3. The van der Waals surface area contributed by atoms with E-state index in [1.165, 1.54) is 0 Å². The molecular weight excluding hydrogens is 284 g/mol. The highest BCUT2D eigenvalue weighted by atomic mass is 16.5. The van der Waals surface area contributed by atoms with Crippen LogP contribution in [0.25, 0.3) is 16.9 Å². The maximum absolute atomic E-state index is 5.73. The Morgan fingerprint density at radius 2 is 1.64 bits per heavy atom. The zero-order valence-electron chi connectivity index (χ0n) is 12.5. The molecule has 7 heteroatoms. The third-order valence-electron chi connectivity index (χ3n) is 3.34. The summed E-state index contributed by atoms with van der Waals surface area (Å²) < 4.78 is 17.9. The second kappa shape index (κ2) is 5.44. The van der Waals surface area contributed by atoms with Gasteiger partial charge in [-0.3, -0.25) is 4.57 Å². The van der Waals surface area contributed by atoms with Crippen LogP contribution < -0.4 is 19.9 Å². The zero-order chi connectivity index (χ0) is 15.7. The van der Waals surface area contributed by atoms with Crippen molar-refractivity contribution in [3.63, 3.8) is 0 Å². The van der Waals surface area contributed by atoms with Gasteiger partial charge in [0, 0.05) is 12.1 Å². The minimum absolute atomic E-state index is 0.537. The molecule has 3 aromatic rings. The second-order valence-electron chi connectivity index (χ2n) is 4.61. The van der Waals surface area contributed by atoms with Gasteiger partial charge in [0.15, 0.2) is 17.1 Å². The van der Waals surface area contributed by atoms with Gasteiger partial charge in [-0.2, -0.15) is 0 Å². The minimum Gasteiger partial charge on any atom is -0.493 e. The molecule has 2 N–H and O–H groups in total. The molecule has 0 saturated heterocycles.